The molecule has 0 aliphatic carbocycles. The van der Waals surface area contributed by atoms with Crippen LogP contribution in [-0.2, 0) is 10.3 Å². The first-order chi connectivity index (χ1) is 12.6. The maximum atomic E-state index is 13.2. The van der Waals surface area contributed by atoms with Gasteiger partial charge < -0.3 is 4.90 Å². The van der Waals surface area contributed by atoms with Crippen LogP contribution in [0.3, 0.4) is 0 Å². The number of rotatable bonds is 3. The number of fused-ring (bicyclic) bond motifs is 1. The van der Waals surface area contributed by atoms with Crippen molar-refractivity contribution in [2.24, 2.45) is 0 Å². The lowest BCUT2D eigenvalue weighted by atomic mass is 9.94. The first-order valence-electron chi connectivity index (χ1n) is 9.93. The highest BCUT2D eigenvalue weighted by molar-refractivity contribution is 5.79. The first kappa shape index (κ1) is 17.5. The highest BCUT2D eigenvalue weighted by Crippen LogP contribution is 2.38. The van der Waals surface area contributed by atoms with Gasteiger partial charge in [0.25, 0.3) is 0 Å². The SMILES string of the molecule is Cc1cc2nccc([C@@]3(C)CCCN3C(=O)CN3CCCCCC3)n2n1. The van der Waals surface area contributed by atoms with E-state index in [0.717, 1.165) is 49.5 Å². The van der Waals surface area contributed by atoms with Gasteiger partial charge in [-0.05, 0) is 58.7 Å². The molecule has 6 heteroatoms. The van der Waals surface area contributed by atoms with E-state index in [2.05, 4.69) is 26.8 Å². The molecule has 0 saturated carbocycles. The zero-order chi connectivity index (χ0) is 18.1. The lowest BCUT2D eigenvalue weighted by Crippen LogP contribution is -2.48. The van der Waals surface area contributed by atoms with Crippen molar-refractivity contribution in [2.45, 2.75) is 57.9 Å². The smallest absolute Gasteiger partial charge is 0.237 e. The van der Waals surface area contributed by atoms with Crippen LogP contribution < -0.4 is 0 Å². The predicted molar refractivity (Wildman–Crippen MR) is 101 cm³/mol. The Bertz CT molecular complexity index is 793. The van der Waals surface area contributed by atoms with Crippen molar-refractivity contribution in [3.8, 4) is 0 Å². The van der Waals surface area contributed by atoms with E-state index in [1.807, 2.05) is 29.8 Å². The van der Waals surface area contributed by atoms with Crippen LogP contribution in [0.15, 0.2) is 18.3 Å². The van der Waals surface area contributed by atoms with E-state index < -0.39 is 0 Å². The molecular weight excluding hydrogens is 326 g/mol. The minimum atomic E-state index is -0.317. The molecule has 1 atom stereocenters. The summed E-state index contributed by atoms with van der Waals surface area (Å²) in [4.78, 5) is 22.1. The third kappa shape index (κ3) is 3.11. The maximum Gasteiger partial charge on any atom is 0.237 e. The molecule has 0 spiro atoms. The standard InChI is InChI=1S/C20H29N5O/c1-16-14-18-21-10-8-17(25(18)22-16)20(2)9-7-13-24(20)19(26)15-23-11-5-3-4-6-12-23/h8,10,14H,3-7,9,11-13,15H2,1-2H3/t20-/m1/s1. The summed E-state index contributed by atoms with van der Waals surface area (Å²) in [6, 6.07) is 4.02. The summed E-state index contributed by atoms with van der Waals surface area (Å²) in [7, 11) is 0. The molecule has 4 heterocycles. The summed E-state index contributed by atoms with van der Waals surface area (Å²) in [5, 5.41) is 4.63. The Morgan fingerprint density at radius 1 is 1.15 bits per heavy atom. The molecule has 2 aliphatic rings. The largest absolute Gasteiger partial charge is 0.331 e. The van der Waals surface area contributed by atoms with Crippen molar-refractivity contribution in [3.05, 3.63) is 29.7 Å². The number of aryl methyl sites for hydroxylation is 1. The zero-order valence-electron chi connectivity index (χ0n) is 15.9. The van der Waals surface area contributed by atoms with Gasteiger partial charge in [0, 0.05) is 18.8 Å². The average Bonchev–Trinajstić information content (AvgIpc) is 3.09. The van der Waals surface area contributed by atoms with Gasteiger partial charge in [-0.25, -0.2) is 9.50 Å². The summed E-state index contributed by atoms with van der Waals surface area (Å²) in [5.41, 5.74) is 2.56. The summed E-state index contributed by atoms with van der Waals surface area (Å²) in [6.45, 7) is 7.64. The van der Waals surface area contributed by atoms with E-state index in [4.69, 9.17) is 0 Å². The fourth-order valence-corrected chi connectivity index (χ4v) is 4.62. The van der Waals surface area contributed by atoms with Crippen molar-refractivity contribution >= 4 is 11.6 Å². The molecule has 0 radical (unpaired) electrons. The molecule has 0 unspecified atom stereocenters. The Kier molecular flexibility index (Phi) is 4.69. The molecule has 26 heavy (non-hydrogen) atoms. The number of nitrogens with zero attached hydrogens (tertiary/aromatic N) is 5. The highest BCUT2D eigenvalue weighted by Gasteiger charge is 2.43. The molecular formula is C20H29N5O. The third-order valence-corrected chi connectivity index (χ3v) is 6.03. The van der Waals surface area contributed by atoms with E-state index in [1.54, 1.807) is 0 Å². The van der Waals surface area contributed by atoms with Crippen molar-refractivity contribution in [1.82, 2.24) is 24.4 Å². The molecule has 2 aromatic rings. The molecule has 2 aromatic heterocycles. The Morgan fingerprint density at radius 2 is 1.92 bits per heavy atom. The minimum absolute atomic E-state index is 0.251. The Morgan fingerprint density at radius 3 is 2.69 bits per heavy atom. The van der Waals surface area contributed by atoms with Gasteiger partial charge in [0.2, 0.25) is 5.91 Å². The monoisotopic (exact) mass is 355 g/mol. The summed E-state index contributed by atoms with van der Waals surface area (Å²) in [6.07, 6.45) is 8.85. The van der Waals surface area contributed by atoms with Gasteiger partial charge in [0.15, 0.2) is 5.65 Å². The predicted octanol–water partition coefficient (Wildman–Crippen LogP) is 2.75. The molecule has 4 rings (SSSR count). The molecule has 2 fully saturated rings. The number of aromatic nitrogens is 3. The van der Waals surface area contributed by atoms with Crippen LogP contribution in [0.2, 0.25) is 0 Å². The van der Waals surface area contributed by atoms with E-state index >= 15 is 0 Å². The second-order valence-electron chi connectivity index (χ2n) is 8.00. The van der Waals surface area contributed by atoms with Gasteiger partial charge in [-0.15, -0.1) is 0 Å². The molecule has 1 amide bonds. The van der Waals surface area contributed by atoms with Gasteiger partial charge >= 0.3 is 0 Å². The average molecular weight is 355 g/mol. The van der Waals surface area contributed by atoms with E-state index in [0.29, 0.717) is 6.54 Å². The van der Waals surface area contributed by atoms with Gasteiger partial charge in [0.05, 0.1) is 23.5 Å². The highest BCUT2D eigenvalue weighted by atomic mass is 16.2. The van der Waals surface area contributed by atoms with E-state index in [1.165, 1.54) is 25.7 Å². The molecule has 2 aliphatic heterocycles. The fourth-order valence-electron chi connectivity index (χ4n) is 4.62. The summed E-state index contributed by atoms with van der Waals surface area (Å²) in [5.74, 6) is 0.251. The molecule has 0 bridgehead atoms. The van der Waals surface area contributed by atoms with Gasteiger partial charge in [0.1, 0.15) is 0 Å². The number of likely N-dealkylation sites (tertiary alicyclic amines) is 2. The van der Waals surface area contributed by atoms with Crippen LogP contribution >= 0.6 is 0 Å². The number of carbonyl (C=O) groups is 1. The molecule has 6 nitrogen and oxygen atoms in total. The van der Waals surface area contributed by atoms with Crippen LogP contribution in [0, 0.1) is 6.92 Å². The Labute approximate surface area is 155 Å². The lowest BCUT2D eigenvalue weighted by Gasteiger charge is -2.37. The Balaban J connectivity index is 1.60. The number of carbonyl (C=O) groups excluding carboxylic acids is 1. The van der Waals surface area contributed by atoms with Crippen LogP contribution in [0.4, 0.5) is 0 Å². The summed E-state index contributed by atoms with van der Waals surface area (Å²) < 4.78 is 1.92. The van der Waals surface area contributed by atoms with Gasteiger partial charge in [-0.2, -0.15) is 5.10 Å². The van der Waals surface area contributed by atoms with Crippen LogP contribution in [0.5, 0.6) is 0 Å². The van der Waals surface area contributed by atoms with E-state index in [9.17, 15) is 4.79 Å². The number of amides is 1. The summed E-state index contributed by atoms with van der Waals surface area (Å²) >= 11 is 0. The van der Waals surface area contributed by atoms with Gasteiger partial charge in [-0.3, -0.25) is 9.69 Å². The quantitative estimate of drug-likeness (QED) is 0.849. The zero-order valence-corrected chi connectivity index (χ0v) is 15.9. The topological polar surface area (TPSA) is 53.7 Å². The number of hydrogen-bond donors (Lipinski definition) is 0. The van der Waals surface area contributed by atoms with Crippen molar-refractivity contribution in [3.63, 3.8) is 0 Å². The first-order valence-corrected chi connectivity index (χ1v) is 9.93. The third-order valence-electron chi connectivity index (χ3n) is 6.03. The minimum Gasteiger partial charge on any atom is -0.331 e. The normalized spacial score (nSPS) is 24.9. The Hall–Kier alpha value is -1.95. The van der Waals surface area contributed by atoms with Gasteiger partial charge in [-0.1, -0.05) is 12.8 Å². The van der Waals surface area contributed by atoms with Crippen molar-refractivity contribution < 1.29 is 4.79 Å². The number of hydrogen-bond acceptors (Lipinski definition) is 4. The van der Waals surface area contributed by atoms with Crippen LogP contribution in [0.1, 0.15) is 56.8 Å². The molecule has 0 N–H and O–H groups in total. The maximum absolute atomic E-state index is 13.2. The molecule has 2 saturated heterocycles. The van der Waals surface area contributed by atoms with Crippen molar-refractivity contribution in [2.75, 3.05) is 26.2 Å². The van der Waals surface area contributed by atoms with E-state index in [-0.39, 0.29) is 11.4 Å². The van der Waals surface area contributed by atoms with Crippen molar-refractivity contribution in [1.29, 1.82) is 0 Å². The molecule has 0 aromatic carbocycles. The van der Waals surface area contributed by atoms with Crippen LogP contribution in [-0.4, -0.2) is 56.5 Å². The van der Waals surface area contributed by atoms with Crippen LogP contribution in [0.25, 0.3) is 5.65 Å². The molecule has 140 valence electrons. The fraction of sp³-hybridized carbons (Fsp3) is 0.650. The lowest BCUT2D eigenvalue weighted by molar-refractivity contribution is -0.136. The second-order valence-corrected chi connectivity index (χ2v) is 8.00. The second kappa shape index (κ2) is 6.99.